The molecular formula is C18H21N5S. The molecule has 124 valence electrons. The molecule has 2 heterocycles. The molecule has 0 bridgehead atoms. The summed E-state index contributed by atoms with van der Waals surface area (Å²) in [6.07, 6.45) is 1.85. The van der Waals surface area contributed by atoms with E-state index in [1.165, 1.54) is 10.3 Å². The lowest BCUT2D eigenvalue weighted by atomic mass is 10.1. The van der Waals surface area contributed by atoms with Gasteiger partial charge < -0.3 is 10.6 Å². The monoisotopic (exact) mass is 339 g/mol. The average molecular weight is 339 g/mol. The Labute approximate surface area is 145 Å². The number of pyridine rings is 1. The summed E-state index contributed by atoms with van der Waals surface area (Å²) < 4.78 is 0. The Kier molecular flexibility index (Phi) is 5.05. The number of nitrogens with zero attached hydrogens (tertiary/aromatic N) is 3. The van der Waals surface area contributed by atoms with Gasteiger partial charge in [-0.15, -0.1) is 11.3 Å². The normalized spacial score (nSPS) is 11.7. The van der Waals surface area contributed by atoms with Gasteiger partial charge in [-0.25, -0.2) is 4.98 Å². The number of thiazole rings is 1. The highest BCUT2D eigenvalue weighted by Crippen LogP contribution is 2.17. The number of aryl methyl sites for hydroxylation is 2. The molecule has 0 saturated heterocycles. The van der Waals surface area contributed by atoms with E-state index in [2.05, 4.69) is 37.7 Å². The summed E-state index contributed by atoms with van der Waals surface area (Å²) in [6.45, 7) is 5.42. The molecule has 5 nitrogen and oxygen atoms in total. The van der Waals surface area contributed by atoms with Crippen molar-refractivity contribution in [2.24, 2.45) is 4.99 Å². The summed E-state index contributed by atoms with van der Waals surface area (Å²) in [5.74, 6) is 0.759. The van der Waals surface area contributed by atoms with E-state index >= 15 is 0 Å². The van der Waals surface area contributed by atoms with Crippen molar-refractivity contribution in [2.45, 2.75) is 26.9 Å². The molecule has 0 amide bonds. The van der Waals surface area contributed by atoms with Gasteiger partial charge in [-0.3, -0.25) is 9.98 Å². The lowest BCUT2D eigenvalue weighted by Crippen LogP contribution is -2.36. The van der Waals surface area contributed by atoms with Crippen molar-refractivity contribution in [1.82, 2.24) is 20.6 Å². The largest absolute Gasteiger partial charge is 0.351 e. The minimum Gasteiger partial charge on any atom is -0.351 e. The second-order valence-corrected chi connectivity index (χ2v) is 6.79. The van der Waals surface area contributed by atoms with Crippen LogP contribution in [0.5, 0.6) is 0 Å². The second kappa shape index (κ2) is 7.40. The number of aromatic nitrogens is 2. The molecule has 0 fully saturated rings. The summed E-state index contributed by atoms with van der Waals surface area (Å²) in [5.41, 5.74) is 2.09. The number of nitrogens with one attached hydrogen (secondary N) is 2. The smallest absolute Gasteiger partial charge is 0.191 e. The van der Waals surface area contributed by atoms with Gasteiger partial charge in [0.05, 0.1) is 29.5 Å². The number of hydrogen-bond acceptors (Lipinski definition) is 4. The van der Waals surface area contributed by atoms with Crippen LogP contribution in [0.4, 0.5) is 0 Å². The quantitative estimate of drug-likeness (QED) is 0.566. The predicted molar refractivity (Wildman–Crippen MR) is 100 cm³/mol. The zero-order valence-corrected chi connectivity index (χ0v) is 14.9. The van der Waals surface area contributed by atoms with Crippen LogP contribution in [-0.4, -0.2) is 23.0 Å². The van der Waals surface area contributed by atoms with Gasteiger partial charge in [-0.1, -0.05) is 24.3 Å². The summed E-state index contributed by atoms with van der Waals surface area (Å²) in [5, 5.41) is 10.1. The maximum Gasteiger partial charge on any atom is 0.191 e. The van der Waals surface area contributed by atoms with Crippen LogP contribution in [0.3, 0.4) is 0 Å². The van der Waals surface area contributed by atoms with E-state index in [4.69, 9.17) is 0 Å². The number of benzene rings is 1. The fourth-order valence-corrected chi connectivity index (χ4v) is 3.49. The Balaban J connectivity index is 1.64. The Morgan fingerprint density at radius 3 is 2.67 bits per heavy atom. The first kappa shape index (κ1) is 16.4. The Hall–Kier alpha value is -2.47. The van der Waals surface area contributed by atoms with Crippen LogP contribution < -0.4 is 10.6 Å². The first-order chi connectivity index (χ1) is 11.7. The van der Waals surface area contributed by atoms with Crippen LogP contribution >= 0.6 is 11.3 Å². The summed E-state index contributed by atoms with van der Waals surface area (Å²) in [4.78, 5) is 14.5. The topological polar surface area (TPSA) is 62.2 Å². The molecule has 0 aliphatic heterocycles. The van der Waals surface area contributed by atoms with Crippen LogP contribution in [0, 0.1) is 13.8 Å². The highest BCUT2D eigenvalue weighted by molar-refractivity contribution is 7.11. The molecule has 2 aromatic heterocycles. The lowest BCUT2D eigenvalue weighted by molar-refractivity contribution is 0.801. The molecule has 3 rings (SSSR count). The van der Waals surface area contributed by atoms with Crippen molar-refractivity contribution in [2.75, 3.05) is 7.05 Å². The number of aliphatic imine (C=N–C) groups is 1. The first-order valence-electron chi connectivity index (χ1n) is 7.87. The molecule has 0 saturated carbocycles. The molecule has 6 heteroatoms. The van der Waals surface area contributed by atoms with Gasteiger partial charge in [-0.2, -0.15) is 0 Å². The van der Waals surface area contributed by atoms with Gasteiger partial charge in [-0.05, 0) is 25.3 Å². The molecule has 0 radical (unpaired) electrons. The van der Waals surface area contributed by atoms with E-state index in [9.17, 15) is 0 Å². The third-order valence-corrected chi connectivity index (χ3v) is 4.89. The maximum atomic E-state index is 4.50. The van der Waals surface area contributed by atoms with Crippen LogP contribution in [0.2, 0.25) is 0 Å². The van der Waals surface area contributed by atoms with Gasteiger partial charge in [0.2, 0.25) is 0 Å². The van der Waals surface area contributed by atoms with Gasteiger partial charge in [0, 0.05) is 23.5 Å². The molecule has 2 N–H and O–H groups in total. The van der Waals surface area contributed by atoms with E-state index in [0.29, 0.717) is 6.54 Å². The van der Waals surface area contributed by atoms with Crippen LogP contribution in [0.25, 0.3) is 10.8 Å². The van der Waals surface area contributed by atoms with Crippen LogP contribution in [0.1, 0.15) is 21.3 Å². The highest BCUT2D eigenvalue weighted by atomic mass is 32.1. The summed E-state index contributed by atoms with van der Waals surface area (Å²) in [7, 11) is 1.77. The van der Waals surface area contributed by atoms with Crippen LogP contribution in [0.15, 0.2) is 41.5 Å². The third kappa shape index (κ3) is 3.71. The van der Waals surface area contributed by atoms with Crippen molar-refractivity contribution >= 4 is 28.1 Å². The predicted octanol–water partition coefficient (Wildman–Crippen LogP) is 3.17. The number of guanidine groups is 1. The van der Waals surface area contributed by atoms with Gasteiger partial charge >= 0.3 is 0 Å². The van der Waals surface area contributed by atoms with Crippen molar-refractivity contribution < 1.29 is 0 Å². The molecule has 3 aromatic rings. The molecule has 0 aliphatic carbocycles. The molecule has 0 aliphatic rings. The minimum absolute atomic E-state index is 0.627. The molecule has 0 spiro atoms. The molecular weight excluding hydrogens is 318 g/mol. The van der Waals surface area contributed by atoms with E-state index in [1.54, 1.807) is 18.4 Å². The zero-order chi connectivity index (χ0) is 16.9. The highest BCUT2D eigenvalue weighted by Gasteiger charge is 2.07. The minimum atomic E-state index is 0.627. The fourth-order valence-electron chi connectivity index (χ4n) is 2.61. The van der Waals surface area contributed by atoms with E-state index in [-0.39, 0.29) is 0 Å². The van der Waals surface area contributed by atoms with E-state index in [0.717, 1.165) is 34.3 Å². The fraction of sp³-hybridized carbons (Fsp3) is 0.278. The van der Waals surface area contributed by atoms with Crippen molar-refractivity contribution in [3.8, 4) is 0 Å². The average Bonchev–Trinajstić information content (AvgIpc) is 2.92. The van der Waals surface area contributed by atoms with Crippen molar-refractivity contribution in [3.63, 3.8) is 0 Å². The molecule has 0 unspecified atom stereocenters. The Morgan fingerprint density at radius 2 is 1.92 bits per heavy atom. The third-order valence-electron chi connectivity index (χ3n) is 3.82. The summed E-state index contributed by atoms with van der Waals surface area (Å²) in [6, 6.07) is 10.3. The molecule has 0 atom stereocenters. The first-order valence-corrected chi connectivity index (χ1v) is 8.69. The standard InChI is InChI=1S/C18H21N5S/c1-12-17(24-13(2)23-12)11-22-18(19-3)21-10-16-15-7-5-4-6-14(15)8-9-20-16/h4-9H,10-11H2,1-3H3,(H2,19,21,22). The number of rotatable bonds is 4. The number of fused-ring (bicyclic) bond motifs is 1. The maximum absolute atomic E-state index is 4.50. The second-order valence-electron chi connectivity index (χ2n) is 5.50. The van der Waals surface area contributed by atoms with E-state index in [1.807, 2.05) is 38.2 Å². The lowest BCUT2D eigenvalue weighted by Gasteiger charge is -2.12. The van der Waals surface area contributed by atoms with Gasteiger partial charge in [0.1, 0.15) is 0 Å². The SMILES string of the molecule is CN=C(NCc1sc(C)nc1C)NCc1nccc2ccccc12. The van der Waals surface area contributed by atoms with Crippen LogP contribution in [-0.2, 0) is 13.1 Å². The van der Waals surface area contributed by atoms with Crippen molar-refractivity contribution in [1.29, 1.82) is 0 Å². The van der Waals surface area contributed by atoms with Gasteiger partial charge in [0.25, 0.3) is 0 Å². The van der Waals surface area contributed by atoms with E-state index < -0.39 is 0 Å². The summed E-state index contributed by atoms with van der Waals surface area (Å²) >= 11 is 1.71. The van der Waals surface area contributed by atoms with Crippen molar-refractivity contribution in [3.05, 3.63) is 57.8 Å². The number of hydrogen-bond donors (Lipinski definition) is 2. The Bertz CT molecular complexity index is 863. The zero-order valence-electron chi connectivity index (χ0n) is 14.1. The molecule has 24 heavy (non-hydrogen) atoms. The molecule has 1 aromatic carbocycles. The Morgan fingerprint density at radius 1 is 1.12 bits per heavy atom. The van der Waals surface area contributed by atoms with Gasteiger partial charge in [0.15, 0.2) is 5.96 Å².